The number of rotatable bonds is 5. The minimum Gasteiger partial charge on any atom is -0.393 e. The van der Waals surface area contributed by atoms with Crippen molar-refractivity contribution in [3.8, 4) is 6.07 Å². The van der Waals surface area contributed by atoms with Crippen LogP contribution in [-0.4, -0.2) is 17.8 Å². The standard InChI is InChI=1S/C12H15BrN2O/c1-9(16)3-2-6-15-11-5-4-10(8-14)12(13)7-11/h4-5,7,9,15-16H,2-3,6H2,1H3. The summed E-state index contributed by atoms with van der Waals surface area (Å²) in [5, 5.41) is 21.1. The maximum Gasteiger partial charge on any atom is 0.100 e. The number of anilines is 1. The van der Waals surface area contributed by atoms with Crippen LogP contribution in [0.1, 0.15) is 25.3 Å². The zero-order chi connectivity index (χ0) is 12.0. The lowest BCUT2D eigenvalue weighted by Gasteiger charge is -2.08. The van der Waals surface area contributed by atoms with Crippen molar-refractivity contribution < 1.29 is 5.11 Å². The van der Waals surface area contributed by atoms with E-state index in [2.05, 4.69) is 27.3 Å². The van der Waals surface area contributed by atoms with Gasteiger partial charge in [0.1, 0.15) is 6.07 Å². The second-order valence-electron chi connectivity index (χ2n) is 3.72. The molecule has 0 saturated carbocycles. The predicted octanol–water partition coefficient (Wildman–Crippen LogP) is 2.89. The van der Waals surface area contributed by atoms with Gasteiger partial charge in [-0.3, -0.25) is 0 Å². The number of aliphatic hydroxyl groups is 1. The van der Waals surface area contributed by atoms with Gasteiger partial charge in [0.15, 0.2) is 0 Å². The summed E-state index contributed by atoms with van der Waals surface area (Å²) in [6.07, 6.45) is 1.48. The van der Waals surface area contributed by atoms with E-state index < -0.39 is 0 Å². The van der Waals surface area contributed by atoms with E-state index in [4.69, 9.17) is 10.4 Å². The summed E-state index contributed by atoms with van der Waals surface area (Å²) in [6, 6.07) is 7.65. The monoisotopic (exact) mass is 282 g/mol. The third-order valence-corrected chi connectivity index (χ3v) is 2.87. The van der Waals surface area contributed by atoms with Gasteiger partial charge in [-0.05, 0) is 53.9 Å². The van der Waals surface area contributed by atoms with Crippen LogP contribution in [0.5, 0.6) is 0 Å². The Hall–Kier alpha value is -1.05. The van der Waals surface area contributed by atoms with Crippen molar-refractivity contribution in [2.45, 2.75) is 25.9 Å². The number of aliphatic hydroxyl groups excluding tert-OH is 1. The molecule has 0 fully saturated rings. The lowest BCUT2D eigenvalue weighted by atomic mass is 10.2. The van der Waals surface area contributed by atoms with Crippen LogP contribution in [0.3, 0.4) is 0 Å². The van der Waals surface area contributed by atoms with Crippen molar-refractivity contribution in [1.82, 2.24) is 0 Å². The van der Waals surface area contributed by atoms with Crippen LogP contribution >= 0.6 is 15.9 Å². The molecule has 2 N–H and O–H groups in total. The van der Waals surface area contributed by atoms with Crippen LogP contribution in [0, 0.1) is 11.3 Å². The molecule has 0 aromatic heterocycles. The number of hydrogen-bond donors (Lipinski definition) is 2. The lowest BCUT2D eigenvalue weighted by Crippen LogP contribution is -2.06. The normalized spacial score (nSPS) is 11.9. The highest BCUT2D eigenvalue weighted by molar-refractivity contribution is 9.10. The van der Waals surface area contributed by atoms with Crippen LogP contribution in [0.25, 0.3) is 0 Å². The molecule has 0 aliphatic heterocycles. The Morgan fingerprint density at radius 1 is 1.56 bits per heavy atom. The summed E-state index contributed by atoms with van der Waals surface area (Å²) >= 11 is 3.34. The first kappa shape index (κ1) is 13.0. The summed E-state index contributed by atoms with van der Waals surface area (Å²) in [6.45, 7) is 2.61. The van der Waals surface area contributed by atoms with E-state index in [1.807, 2.05) is 12.1 Å². The first-order valence-electron chi connectivity index (χ1n) is 5.25. The molecule has 3 nitrogen and oxygen atoms in total. The molecule has 86 valence electrons. The lowest BCUT2D eigenvalue weighted by molar-refractivity contribution is 0.183. The topological polar surface area (TPSA) is 56.0 Å². The Kier molecular flexibility index (Phi) is 5.30. The zero-order valence-electron chi connectivity index (χ0n) is 9.20. The highest BCUT2D eigenvalue weighted by Crippen LogP contribution is 2.20. The highest BCUT2D eigenvalue weighted by atomic mass is 79.9. The second kappa shape index (κ2) is 6.51. The van der Waals surface area contributed by atoms with Gasteiger partial charge in [-0.15, -0.1) is 0 Å². The molecule has 0 heterocycles. The van der Waals surface area contributed by atoms with Gasteiger partial charge in [-0.2, -0.15) is 5.26 Å². The molecule has 1 aromatic rings. The van der Waals surface area contributed by atoms with Gasteiger partial charge in [0.2, 0.25) is 0 Å². The number of hydrogen-bond acceptors (Lipinski definition) is 3. The second-order valence-corrected chi connectivity index (χ2v) is 4.58. The molecule has 16 heavy (non-hydrogen) atoms. The Labute approximate surface area is 104 Å². The molecule has 1 unspecified atom stereocenters. The highest BCUT2D eigenvalue weighted by Gasteiger charge is 2.00. The van der Waals surface area contributed by atoms with E-state index >= 15 is 0 Å². The molecular formula is C12H15BrN2O. The van der Waals surface area contributed by atoms with E-state index in [0.29, 0.717) is 5.56 Å². The summed E-state index contributed by atoms with van der Waals surface area (Å²) in [5.41, 5.74) is 1.62. The van der Waals surface area contributed by atoms with Gasteiger partial charge in [0.25, 0.3) is 0 Å². The molecule has 0 saturated heterocycles. The molecule has 0 aliphatic rings. The van der Waals surface area contributed by atoms with E-state index in [9.17, 15) is 0 Å². The van der Waals surface area contributed by atoms with Crippen LogP contribution in [0.15, 0.2) is 22.7 Å². The molecule has 1 atom stereocenters. The number of nitriles is 1. The van der Waals surface area contributed by atoms with Crippen LogP contribution < -0.4 is 5.32 Å². The third-order valence-electron chi connectivity index (χ3n) is 2.22. The quantitative estimate of drug-likeness (QED) is 0.817. The molecule has 0 spiro atoms. The molecule has 1 aromatic carbocycles. The van der Waals surface area contributed by atoms with Gasteiger partial charge < -0.3 is 10.4 Å². The van der Waals surface area contributed by atoms with E-state index in [0.717, 1.165) is 29.5 Å². The van der Waals surface area contributed by atoms with Gasteiger partial charge in [0.05, 0.1) is 11.7 Å². The fourth-order valence-corrected chi connectivity index (χ4v) is 1.81. The molecule has 4 heteroatoms. The fraction of sp³-hybridized carbons (Fsp3) is 0.417. The van der Waals surface area contributed by atoms with Gasteiger partial charge in [-0.25, -0.2) is 0 Å². The van der Waals surface area contributed by atoms with Gasteiger partial charge >= 0.3 is 0 Å². The molecule has 0 amide bonds. The van der Waals surface area contributed by atoms with Crippen molar-refractivity contribution in [3.05, 3.63) is 28.2 Å². The molecular weight excluding hydrogens is 268 g/mol. The molecule has 1 rings (SSSR count). The van der Waals surface area contributed by atoms with Crippen molar-refractivity contribution in [2.75, 3.05) is 11.9 Å². The Morgan fingerprint density at radius 2 is 2.31 bits per heavy atom. The van der Waals surface area contributed by atoms with E-state index in [1.54, 1.807) is 13.0 Å². The third kappa shape index (κ3) is 4.21. The SMILES string of the molecule is CC(O)CCCNc1ccc(C#N)c(Br)c1. The Bertz CT molecular complexity index is 385. The average Bonchev–Trinajstić information content (AvgIpc) is 2.24. The first-order valence-corrected chi connectivity index (χ1v) is 6.04. The van der Waals surface area contributed by atoms with Crippen LogP contribution in [0.2, 0.25) is 0 Å². The summed E-state index contributed by atoms with van der Waals surface area (Å²) in [7, 11) is 0. The van der Waals surface area contributed by atoms with Crippen molar-refractivity contribution in [1.29, 1.82) is 5.26 Å². The Balaban J connectivity index is 2.44. The molecule has 0 aliphatic carbocycles. The smallest absolute Gasteiger partial charge is 0.100 e. The summed E-state index contributed by atoms with van der Waals surface area (Å²) in [4.78, 5) is 0. The van der Waals surface area contributed by atoms with Crippen molar-refractivity contribution in [2.24, 2.45) is 0 Å². The fourth-order valence-electron chi connectivity index (χ4n) is 1.35. The largest absolute Gasteiger partial charge is 0.393 e. The summed E-state index contributed by atoms with van der Waals surface area (Å²) < 4.78 is 0.801. The zero-order valence-corrected chi connectivity index (χ0v) is 10.8. The molecule has 0 radical (unpaired) electrons. The van der Waals surface area contributed by atoms with Crippen molar-refractivity contribution in [3.63, 3.8) is 0 Å². The Morgan fingerprint density at radius 3 is 2.88 bits per heavy atom. The maximum absolute atomic E-state index is 9.09. The predicted molar refractivity (Wildman–Crippen MR) is 68.3 cm³/mol. The number of benzene rings is 1. The number of nitrogens with zero attached hydrogens (tertiary/aromatic N) is 1. The number of halogens is 1. The van der Waals surface area contributed by atoms with Crippen molar-refractivity contribution >= 4 is 21.6 Å². The molecule has 0 bridgehead atoms. The van der Waals surface area contributed by atoms with Crippen LogP contribution in [-0.2, 0) is 0 Å². The number of nitrogens with one attached hydrogen (secondary N) is 1. The maximum atomic E-state index is 9.09. The minimum atomic E-state index is -0.241. The van der Waals surface area contributed by atoms with E-state index in [1.165, 1.54) is 0 Å². The van der Waals surface area contributed by atoms with Gasteiger partial charge in [-0.1, -0.05) is 0 Å². The first-order chi connectivity index (χ1) is 7.63. The summed E-state index contributed by atoms with van der Waals surface area (Å²) in [5.74, 6) is 0. The van der Waals surface area contributed by atoms with Crippen LogP contribution in [0.4, 0.5) is 5.69 Å². The van der Waals surface area contributed by atoms with E-state index in [-0.39, 0.29) is 6.10 Å². The average molecular weight is 283 g/mol. The van der Waals surface area contributed by atoms with Gasteiger partial charge in [0, 0.05) is 16.7 Å². The minimum absolute atomic E-state index is 0.241.